The first-order valence-corrected chi connectivity index (χ1v) is 33.0. The molecule has 14 rings (SSSR count). The van der Waals surface area contributed by atoms with E-state index in [1.807, 2.05) is 84.9 Å². The molecule has 476 valence electrons. The largest absolute Gasteiger partial charge is 0.480 e. The number of likely N-dealkylation sites (tertiary alicyclic amines) is 1. The number of aliphatic carboxylic acids is 1. The van der Waals surface area contributed by atoms with Crippen LogP contribution < -0.4 is 46.7 Å². The number of oxime groups is 2. The SMILES string of the molecule is C=C[C@@H]1C[C@]1(NC(=O)[C@@H]1C[C@@H](ON=C2c3ccccc3-c3ccccc32)CN1)C(=O)NS(=O)(=O)C1CC1.C=C[C@@H]1C[C@]1(NC(=O)[C@@H]1C[C@@H](ON=C2c3ccccc3-c3ccccc32)CN1C(=O)[C@@H]1CNC(=O)N1)C(=O)NS(=O)(=O)C1CC1.O=C1NC[C@@H](C(=O)O)N1. The van der Waals surface area contributed by atoms with Crippen molar-refractivity contribution in [1.82, 2.24) is 51.6 Å². The molecule has 0 bridgehead atoms. The maximum Gasteiger partial charge on any atom is 0.328 e. The van der Waals surface area contributed by atoms with Crippen LogP contribution in [0, 0.1) is 11.8 Å². The molecule has 4 aromatic rings. The third-order valence-electron chi connectivity index (χ3n) is 17.8. The van der Waals surface area contributed by atoms with Crippen molar-refractivity contribution in [2.24, 2.45) is 22.1 Å². The Balaban J connectivity index is 0.000000157. The van der Waals surface area contributed by atoms with Crippen molar-refractivity contribution < 1.29 is 70.0 Å². The summed E-state index contributed by atoms with van der Waals surface area (Å²) in [5.41, 5.74) is 6.66. The molecule has 29 heteroatoms. The van der Waals surface area contributed by atoms with Gasteiger partial charge in [-0.1, -0.05) is 120 Å². The summed E-state index contributed by atoms with van der Waals surface area (Å²) in [5, 5.41) is 34.4. The van der Waals surface area contributed by atoms with Crippen LogP contribution in [-0.2, 0) is 58.5 Å². The predicted octanol–water partition coefficient (Wildman–Crippen LogP) is 1.34. The fraction of sp³-hybridized carbons (Fsp3) is 0.387. The first kappa shape index (κ1) is 61.7. The maximum atomic E-state index is 13.8. The molecule has 0 spiro atoms. The van der Waals surface area contributed by atoms with E-state index in [4.69, 9.17) is 14.8 Å². The number of nitrogens with zero attached hydrogens (tertiary/aromatic N) is 3. The Morgan fingerprint density at radius 1 is 0.560 bits per heavy atom. The van der Waals surface area contributed by atoms with Crippen molar-refractivity contribution in [2.75, 3.05) is 26.2 Å². The summed E-state index contributed by atoms with van der Waals surface area (Å²) in [5.74, 6) is -4.85. The maximum absolute atomic E-state index is 13.8. The van der Waals surface area contributed by atoms with E-state index in [1.165, 1.54) is 11.0 Å². The minimum atomic E-state index is -3.85. The van der Waals surface area contributed by atoms with Gasteiger partial charge in [-0.2, -0.15) is 0 Å². The number of benzene rings is 4. The fourth-order valence-corrected chi connectivity index (χ4v) is 15.0. The molecule has 0 unspecified atom stereocenters. The van der Waals surface area contributed by atoms with E-state index in [-0.39, 0.29) is 50.4 Å². The smallest absolute Gasteiger partial charge is 0.328 e. The molecule has 91 heavy (non-hydrogen) atoms. The molecular weight excluding hydrogens is 1220 g/mol. The van der Waals surface area contributed by atoms with E-state index >= 15 is 0 Å². The van der Waals surface area contributed by atoms with Crippen molar-refractivity contribution in [3.8, 4) is 22.3 Å². The van der Waals surface area contributed by atoms with Crippen molar-refractivity contribution in [3.05, 3.63) is 145 Å². The van der Waals surface area contributed by atoms with Crippen LogP contribution in [0.4, 0.5) is 9.59 Å². The zero-order valence-corrected chi connectivity index (χ0v) is 50.5. The second-order valence-corrected chi connectivity index (χ2v) is 27.9. The third kappa shape index (κ3) is 12.5. The number of fused-ring (bicyclic) bond motifs is 6. The molecular formula is C62H66N12O15S2. The van der Waals surface area contributed by atoms with Gasteiger partial charge in [-0.3, -0.25) is 33.4 Å². The lowest BCUT2D eigenvalue weighted by Gasteiger charge is -2.27. The van der Waals surface area contributed by atoms with Gasteiger partial charge in [0.05, 0.1) is 29.6 Å². The van der Waals surface area contributed by atoms with Crippen molar-refractivity contribution in [1.29, 1.82) is 0 Å². The van der Waals surface area contributed by atoms with Gasteiger partial charge in [0.1, 0.15) is 52.8 Å². The Morgan fingerprint density at radius 2 is 0.967 bits per heavy atom. The molecule has 9 amide bonds. The van der Waals surface area contributed by atoms with Gasteiger partial charge >= 0.3 is 18.0 Å². The number of hydrogen-bond acceptors (Lipinski definition) is 17. The van der Waals surface area contributed by atoms with Gasteiger partial charge in [0.25, 0.3) is 11.8 Å². The molecule has 0 aromatic heterocycles. The number of rotatable bonds is 18. The van der Waals surface area contributed by atoms with Gasteiger partial charge in [-0.15, -0.1) is 13.2 Å². The number of sulfonamides is 2. The van der Waals surface area contributed by atoms with Crippen LogP contribution in [0.2, 0.25) is 0 Å². The van der Waals surface area contributed by atoms with Gasteiger partial charge in [-0.05, 0) is 60.8 Å². The highest BCUT2D eigenvalue weighted by atomic mass is 32.2. The molecule has 4 saturated heterocycles. The van der Waals surface area contributed by atoms with E-state index in [9.17, 15) is 55.2 Å². The highest BCUT2D eigenvalue weighted by Crippen LogP contribution is 2.47. The molecule has 4 saturated carbocycles. The van der Waals surface area contributed by atoms with Crippen LogP contribution in [0.3, 0.4) is 0 Å². The number of carbonyl (C=O) groups is 8. The Labute approximate surface area is 522 Å². The molecule has 4 aromatic carbocycles. The van der Waals surface area contributed by atoms with Crippen LogP contribution >= 0.6 is 0 Å². The lowest BCUT2D eigenvalue weighted by molar-refractivity contribution is -0.140. The molecule has 10 N–H and O–H groups in total. The molecule has 0 radical (unpaired) electrons. The quantitative estimate of drug-likeness (QED) is 0.0429. The minimum absolute atomic E-state index is 0.00348. The molecule has 27 nitrogen and oxygen atoms in total. The van der Waals surface area contributed by atoms with Gasteiger partial charge in [-0.25, -0.2) is 31.2 Å². The van der Waals surface area contributed by atoms with E-state index in [0.717, 1.165) is 50.2 Å². The molecule has 6 aliphatic carbocycles. The Bertz CT molecular complexity index is 3930. The second-order valence-electron chi connectivity index (χ2n) is 24.0. The van der Waals surface area contributed by atoms with Crippen LogP contribution in [0.15, 0.2) is 133 Å². The number of amides is 9. The second kappa shape index (κ2) is 24.4. The van der Waals surface area contributed by atoms with E-state index in [2.05, 4.69) is 82.3 Å². The summed E-state index contributed by atoms with van der Waals surface area (Å²) in [6.07, 6.45) is 4.99. The lowest BCUT2D eigenvalue weighted by atomic mass is 10.1. The standard InChI is InChI=1S/C31H32N6O7S.C27H28N4O5S.C4H6N2O3/c1-2-17-14-31(17,29(40)36-45(42,43)19-11-12-19)34-27(38)25-13-18(16-37(25)28(39)24-15-32-30(41)33-24)44-35-26-22-9-5-3-7-20(22)21-8-4-6-10-23(21)26;1-2-16-14-27(16,26(33)31-37(34,35)18-11-12-18)29-25(32)23-13-17(15-28-23)36-30-24-21-9-5-3-7-19(21)20-8-4-6-10-22(20)24;7-3(8)2-1-5-4(9)6-2/h2-10,17-19,24-25H,1,11-16H2,(H,34,38)(H,36,40)(H2,32,33,41);2-10,16-18,23,28H,1,11-15H2,(H,29,32)(H,31,33);2H,1H2,(H,7,8)(H2,5,6,9)/t17-,18-,24+,25+,31-;16-,17-,23+,27-;2-/m110/s1. The zero-order chi connectivity index (χ0) is 64.1. The topological polar surface area (TPSA) is 380 Å². The first-order chi connectivity index (χ1) is 43.6. The number of carboxylic acids is 1. The number of hydrogen-bond donors (Lipinski definition) is 10. The van der Waals surface area contributed by atoms with Crippen LogP contribution in [0.25, 0.3) is 22.3 Å². The summed E-state index contributed by atoms with van der Waals surface area (Å²) in [4.78, 5) is 112. The minimum Gasteiger partial charge on any atom is -0.480 e. The van der Waals surface area contributed by atoms with Gasteiger partial charge in [0.15, 0.2) is 0 Å². The zero-order valence-electron chi connectivity index (χ0n) is 48.9. The van der Waals surface area contributed by atoms with Crippen molar-refractivity contribution in [3.63, 3.8) is 0 Å². The molecule has 8 fully saturated rings. The highest BCUT2D eigenvalue weighted by Gasteiger charge is 2.63. The normalized spacial score (nSPS) is 27.5. The van der Waals surface area contributed by atoms with Crippen LogP contribution in [0.1, 0.15) is 73.6 Å². The summed E-state index contributed by atoms with van der Waals surface area (Å²) >= 11 is 0. The fourth-order valence-electron chi connectivity index (χ4n) is 12.2. The summed E-state index contributed by atoms with van der Waals surface area (Å²) in [6, 6.07) is 27.5. The predicted molar refractivity (Wildman–Crippen MR) is 328 cm³/mol. The number of nitrogens with one attached hydrogen (secondary N) is 9. The van der Waals surface area contributed by atoms with Gasteiger partial charge in [0.2, 0.25) is 37.8 Å². The molecule has 4 aliphatic heterocycles. The van der Waals surface area contributed by atoms with E-state index in [1.54, 1.807) is 6.08 Å². The average Bonchev–Trinajstić information content (AvgIpc) is 1.61. The number of carboxylic acid groups (broad SMARTS) is 1. The summed E-state index contributed by atoms with van der Waals surface area (Å²) in [7, 11) is -7.57. The van der Waals surface area contributed by atoms with Gasteiger partial charge in [0, 0.05) is 60.0 Å². The number of carbonyl (C=O) groups excluding carboxylic acids is 7. The van der Waals surface area contributed by atoms with E-state index < -0.39 is 119 Å². The van der Waals surface area contributed by atoms with E-state index in [0.29, 0.717) is 50.8 Å². The van der Waals surface area contributed by atoms with Crippen molar-refractivity contribution in [2.45, 2.75) is 109 Å². The van der Waals surface area contributed by atoms with Crippen molar-refractivity contribution >= 4 is 79.0 Å². The van der Waals surface area contributed by atoms with Gasteiger partial charge < -0.3 is 56.9 Å². The summed E-state index contributed by atoms with van der Waals surface area (Å²) < 4.78 is 53.9. The third-order valence-corrected chi connectivity index (χ3v) is 21.4. The number of urea groups is 2. The molecule has 4 heterocycles. The molecule has 10 aliphatic rings. The Morgan fingerprint density at radius 3 is 1.34 bits per heavy atom. The average molecular weight is 1280 g/mol. The monoisotopic (exact) mass is 1280 g/mol. The summed E-state index contributed by atoms with van der Waals surface area (Å²) in [6.45, 7) is 8.10. The first-order valence-electron chi connectivity index (χ1n) is 29.9. The molecule has 10 atom stereocenters. The van der Waals surface area contributed by atoms with Crippen LogP contribution in [-0.4, -0.2) is 170 Å². The van der Waals surface area contributed by atoms with Crippen LogP contribution in [0.5, 0.6) is 0 Å². The Kier molecular flexibility index (Phi) is 16.5. The lowest BCUT2D eigenvalue weighted by Crippen LogP contribution is -2.58. The Hall–Kier alpha value is -9.48. The highest BCUT2D eigenvalue weighted by molar-refractivity contribution is 7.91.